The summed E-state index contributed by atoms with van der Waals surface area (Å²) >= 11 is 1.36. The van der Waals surface area contributed by atoms with E-state index in [4.69, 9.17) is 9.47 Å². The molecule has 0 aromatic carbocycles. The second kappa shape index (κ2) is 9.75. The zero-order valence-electron chi connectivity index (χ0n) is 22.2. The number of aromatic nitrogens is 2. The van der Waals surface area contributed by atoms with E-state index < -0.39 is 0 Å². The van der Waals surface area contributed by atoms with Gasteiger partial charge in [-0.1, -0.05) is 20.4 Å². The first-order valence-corrected chi connectivity index (χ1v) is 14.4. The van der Waals surface area contributed by atoms with Crippen molar-refractivity contribution in [2.45, 2.75) is 45.6 Å². The highest BCUT2D eigenvalue weighted by atomic mass is 32.1. The van der Waals surface area contributed by atoms with Gasteiger partial charge in [0.05, 0.1) is 17.5 Å². The maximum absolute atomic E-state index is 13.2. The Morgan fingerprint density at radius 3 is 2.61 bits per heavy atom. The highest BCUT2D eigenvalue weighted by molar-refractivity contribution is 7.11. The SMILES string of the molecule is C=C(OCc1ccnc(C2CCOCC2)c1)[C@@H]1CN(C(=O)c2cncs2)CC12CN(C(=O)[C@H]1CC1(C)C)C2. The zero-order chi connectivity index (χ0) is 26.5. The molecular weight excluding hydrogens is 500 g/mol. The van der Waals surface area contributed by atoms with Crippen molar-refractivity contribution in [1.29, 1.82) is 0 Å². The molecule has 2 aromatic rings. The minimum Gasteiger partial charge on any atom is -0.493 e. The Hall–Kier alpha value is -2.78. The first-order valence-electron chi connectivity index (χ1n) is 13.6. The number of thiazole rings is 1. The number of carbonyl (C=O) groups is 2. The minimum atomic E-state index is -0.225. The molecule has 0 N–H and O–H groups in total. The fourth-order valence-electron chi connectivity index (χ4n) is 6.42. The number of nitrogens with zero attached hydrogens (tertiary/aromatic N) is 4. The smallest absolute Gasteiger partial charge is 0.265 e. The van der Waals surface area contributed by atoms with Gasteiger partial charge in [-0.15, -0.1) is 11.3 Å². The van der Waals surface area contributed by atoms with Crippen LogP contribution in [-0.2, 0) is 20.9 Å². The van der Waals surface area contributed by atoms with Crippen molar-refractivity contribution in [1.82, 2.24) is 19.8 Å². The van der Waals surface area contributed by atoms with Gasteiger partial charge in [0, 0.05) is 74.5 Å². The van der Waals surface area contributed by atoms with Crippen LogP contribution in [0.15, 0.2) is 42.4 Å². The third-order valence-electron chi connectivity index (χ3n) is 9.01. The Bertz CT molecular complexity index is 1220. The summed E-state index contributed by atoms with van der Waals surface area (Å²) in [6.07, 6.45) is 6.42. The summed E-state index contributed by atoms with van der Waals surface area (Å²) in [5.74, 6) is 1.43. The predicted molar refractivity (Wildman–Crippen MR) is 143 cm³/mol. The number of rotatable bonds is 7. The zero-order valence-corrected chi connectivity index (χ0v) is 23.0. The molecule has 4 fully saturated rings. The van der Waals surface area contributed by atoms with Crippen molar-refractivity contribution in [3.05, 3.63) is 58.5 Å². The van der Waals surface area contributed by atoms with Gasteiger partial charge in [-0.3, -0.25) is 19.6 Å². The minimum absolute atomic E-state index is 0.00878. The molecule has 9 heteroatoms. The predicted octanol–water partition coefficient (Wildman–Crippen LogP) is 4.11. The number of pyridine rings is 1. The van der Waals surface area contributed by atoms with Crippen LogP contribution in [0.5, 0.6) is 0 Å². The lowest BCUT2D eigenvalue weighted by atomic mass is 9.70. The van der Waals surface area contributed by atoms with Crippen LogP contribution < -0.4 is 0 Å². The largest absolute Gasteiger partial charge is 0.493 e. The topological polar surface area (TPSA) is 84.9 Å². The first-order chi connectivity index (χ1) is 18.3. The van der Waals surface area contributed by atoms with Gasteiger partial charge in [-0.2, -0.15) is 0 Å². The van der Waals surface area contributed by atoms with Crippen LogP contribution in [0.2, 0.25) is 0 Å². The van der Waals surface area contributed by atoms with Crippen LogP contribution in [0.25, 0.3) is 0 Å². The van der Waals surface area contributed by atoms with Gasteiger partial charge in [0.25, 0.3) is 5.91 Å². The maximum atomic E-state index is 13.2. The molecule has 2 atom stereocenters. The van der Waals surface area contributed by atoms with E-state index in [0.29, 0.717) is 49.3 Å². The third-order valence-corrected chi connectivity index (χ3v) is 9.77. The number of likely N-dealkylation sites (tertiary alicyclic amines) is 2. The standard InChI is InChI=1S/C29H36N4O4S/c1-19(37-14-20-4-7-31-24(10-20)21-5-8-36-9-6-21)23-13-32(27(35)25-12-30-18-38-25)15-29(23)16-33(17-29)26(34)22-11-28(22,2)3/h4,7,10,12,18,21-23H,1,5-6,8-9,11,13-17H2,2-3H3/t22-,23+/m1/s1. The van der Waals surface area contributed by atoms with Gasteiger partial charge in [-0.05, 0) is 42.4 Å². The van der Waals surface area contributed by atoms with E-state index >= 15 is 0 Å². The van der Waals surface area contributed by atoms with E-state index in [1.54, 1.807) is 11.7 Å². The van der Waals surface area contributed by atoms with Crippen LogP contribution in [0, 0.1) is 22.7 Å². The Morgan fingerprint density at radius 1 is 1.18 bits per heavy atom. The normalized spacial score (nSPS) is 25.7. The maximum Gasteiger partial charge on any atom is 0.265 e. The van der Waals surface area contributed by atoms with Crippen LogP contribution in [0.1, 0.15) is 60.0 Å². The van der Waals surface area contributed by atoms with E-state index in [2.05, 4.69) is 36.5 Å². The molecule has 2 amide bonds. The summed E-state index contributed by atoms with van der Waals surface area (Å²) in [5, 5.41) is 0. The monoisotopic (exact) mass is 536 g/mol. The number of hydrogen-bond acceptors (Lipinski definition) is 7. The molecule has 1 aliphatic carbocycles. The molecule has 5 heterocycles. The van der Waals surface area contributed by atoms with E-state index in [1.807, 2.05) is 22.1 Å². The van der Waals surface area contributed by atoms with Crippen molar-refractivity contribution in [3.63, 3.8) is 0 Å². The van der Waals surface area contributed by atoms with E-state index in [-0.39, 0.29) is 34.5 Å². The number of hydrogen-bond donors (Lipinski definition) is 0. The lowest BCUT2D eigenvalue weighted by molar-refractivity contribution is -0.147. The summed E-state index contributed by atoms with van der Waals surface area (Å²) in [6.45, 7) is 13.0. The van der Waals surface area contributed by atoms with Crippen molar-refractivity contribution in [3.8, 4) is 0 Å². The van der Waals surface area contributed by atoms with Gasteiger partial charge < -0.3 is 19.3 Å². The van der Waals surface area contributed by atoms with Crippen LogP contribution in [0.4, 0.5) is 0 Å². The average molecular weight is 537 g/mol. The van der Waals surface area contributed by atoms with E-state index in [0.717, 1.165) is 43.7 Å². The van der Waals surface area contributed by atoms with Crippen molar-refractivity contribution >= 4 is 23.2 Å². The van der Waals surface area contributed by atoms with Gasteiger partial charge in [0.15, 0.2) is 0 Å². The molecular formula is C29H36N4O4S. The molecule has 2 aromatic heterocycles. The fraction of sp³-hybridized carbons (Fsp3) is 0.586. The molecule has 1 saturated carbocycles. The molecule has 0 unspecified atom stereocenters. The van der Waals surface area contributed by atoms with Crippen molar-refractivity contribution in [2.75, 3.05) is 39.4 Å². The fourth-order valence-corrected chi connectivity index (χ4v) is 7.01. The third kappa shape index (κ3) is 4.75. The summed E-state index contributed by atoms with van der Waals surface area (Å²) in [5.41, 5.74) is 3.72. The quantitative estimate of drug-likeness (QED) is 0.495. The second-order valence-corrected chi connectivity index (χ2v) is 13.0. The Labute approximate surface area is 228 Å². The molecule has 6 rings (SSSR count). The van der Waals surface area contributed by atoms with Crippen LogP contribution in [0.3, 0.4) is 0 Å². The molecule has 0 radical (unpaired) electrons. The Kier molecular flexibility index (Phi) is 6.54. The highest BCUT2D eigenvalue weighted by Gasteiger charge is 2.61. The Morgan fingerprint density at radius 2 is 1.92 bits per heavy atom. The lowest BCUT2D eigenvalue weighted by Crippen LogP contribution is -2.63. The molecule has 3 saturated heterocycles. The molecule has 0 bridgehead atoms. The van der Waals surface area contributed by atoms with Crippen LogP contribution >= 0.6 is 11.3 Å². The lowest BCUT2D eigenvalue weighted by Gasteiger charge is -2.51. The van der Waals surface area contributed by atoms with E-state index in [1.165, 1.54) is 11.3 Å². The summed E-state index contributed by atoms with van der Waals surface area (Å²) in [4.78, 5) is 39.5. The molecule has 4 aliphatic rings. The number of amides is 2. The number of carbonyl (C=O) groups excluding carboxylic acids is 2. The molecule has 202 valence electrons. The Balaban J connectivity index is 1.14. The van der Waals surface area contributed by atoms with Crippen LogP contribution in [-0.4, -0.2) is 71.0 Å². The first kappa shape index (κ1) is 25.5. The average Bonchev–Trinajstić information content (AvgIpc) is 3.29. The van der Waals surface area contributed by atoms with Gasteiger partial charge in [0.1, 0.15) is 11.5 Å². The molecule has 8 nitrogen and oxygen atoms in total. The van der Waals surface area contributed by atoms with Gasteiger partial charge in [-0.25, -0.2) is 0 Å². The summed E-state index contributed by atoms with van der Waals surface area (Å²) < 4.78 is 11.8. The van der Waals surface area contributed by atoms with Crippen molar-refractivity contribution in [2.24, 2.45) is 22.7 Å². The van der Waals surface area contributed by atoms with Gasteiger partial charge >= 0.3 is 0 Å². The second-order valence-electron chi connectivity index (χ2n) is 12.1. The van der Waals surface area contributed by atoms with E-state index in [9.17, 15) is 9.59 Å². The van der Waals surface area contributed by atoms with Gasteiger partial charge in [0.2, 0.25) is 5.91 Å². The summed E-state index contributed by atoms with van der Waals surface area (Å²) in [6, 6.07) is 4.12. The highest BCUT2D eigenvalue weighted by Crippen LogP contribution is 2.55. The molecule has 3 aliphatic heterocycles. The number of ether oxygens (including phenoxy) is 2. The molecule has 38 heavy (non-hydrogen) atoms. The summed E-state index contributed by atoms with van der Waals surface area (Å²) in [7, 11) is 0. The van der Waals surface area contributed by atoms with Crippen molar-refractivity contribution < 1.29 is 19.1 Å². The molecule has 1 spiro atoms.